The fourth-order valence-corrected chi connectivity index (χ4v) is 7.60. The number of rotatable bonds is 2. The van der Waals surface area contributed by atoms with Crippen molar-refractivity contribution in [1.82, 2.24) is 0 Å². The van der Waals surface area contributed by atoms with Gasteiger partial charge in [0.1, 0.15) is 0 Å². The molecule has 2 bridgehead atoms. The molecule has 6 heteroatoms. The van der Waals surface area contributed by atoms with E-state index in [4.69, 9.17) is 4.74 Å². The first-order valence-corrected chi connectivity index (χ1v) is 10.4. The summed E-state index contributed by atoms with van der Waals surface area (Å²) in [5.41, 5.74) is -1.91. The van der Waals surface area contributed by atoms with E-state index >= 15 is 0 Å². The molecule has 156 valence electrons. The Bertz CT molecular complexity index is 733. The molecule has 0 saturated heterocycles. The van der Waals surface area contributed by atoms with Crippen LogP contribution in [0.3, 0.4) is 0 Å². The van der Waals surface area contributed by atoms with Crippen LogP contribution in [0.5, 0.6) is 0 Å². The van der Waals surface area contributed by atoms with E-state index in [-0.39, 0.29) is 36.1 Å². The first-order chi connectivity index (χ1) is 13.0. The number of ether oxygens (including phenoxy) is 1. The number of fused-ring (bicyclic) bond motifs is 3. The predicted molar refractivity (Wildman–Crippen MR) is 101 cm³/mol. The van der Waals surface area contributed by atoms with Gasteiger partial charge in [0, 0.05) is 23.7 Å². The molecule has 4 fully saturated rings. The third kappa shape index (κ3) is 2.20. The molecule has 1 spiro atoms. The van der Waals surface area contributed by atoms with Crippen molar-refractivity contribution in [1.29, 1.82) is 0 Å². The molecule has 4 saturated carbocycles. The minimum atomic E-state index is -1.27. The molecule has 4 aliphatic rings. The van der Waals surface area contributed by atoms with E-state index in [2.05, 4.69) is 6.58 Å². The Morgan fingerprint density at radius 2 is 1.82 bits per heavy atom. The second-order valence-corrected chi connectivity index (χ2v) is 10.1. The molecule has 0 aromatic rings. The second kappa shape index (κ2) is 6.13. The highest BCUT2D eigenvalue weighted by Crippen LogP contribution is 2.71. The predicted octanol–water partition coefficient (Wildman–Crippen LogP) is 1.61. The minimum Gasteiger partial charge on any atom is -0.465 e. The van der Waals surface area contributed by atoms with Crippen LogP contribution < -0.4 is 0 Å². The molecule has 9 unspecified atom stereocenters. The smallest absolute Gasteiger partial charge is 0.302 e. The summed E-state index contributed by atoms with van der Waals surface area (Å²) in [6.07, 6.45) is 0.238. The zero-order valence-electron chi connectivity index (χ0n) is 17.0. The fraction of sp³-hybridized carbons (Fsp3) is 0.818. The molecule has 28 heavy (non-hydrogen) atoms. The number of aliphatic hydroxyl groups excluding tert-OH is 3. The van der Waals surface area contributed by atoms with Crippen LogP contribution in [-0.4, -0.2) is 52.0 Å². The summed E-state index contributed by atoms with van der Waals surface area (Å²) in [7, 11) is 0. The van der Waals surface area contributed by atoms with Gasteiger partial charge < -0.3 is 20.1 Å². The maximum atomic E-state index is 13.3. The van der Waals surface area contributed by atoms with E-state index in [1.54, 1.807) is 0 Å². The molecule has 0 aromatic carbocycles. The molecular weight excluding hydrogens is 360 g/mol. The molecule has 0 aliphatic heterocycles. The van der Waals surface area contributed by atoms with E-state index in [1.165, 1.54) is 6.92 Å². The highest BCUT2D eigenvalue weighted by atomic mass is 16.5. The normalized spacial score (nSPS) is 52.8. The van der Waals surface area contributed by atoms with Crippen LogP contribution in [0.15, 0.2) is 12.2 Å². The topological polar surface area (TPSA) is 104 Å². The largest absolute Gasteiger partial charge is 0.465 e. The van der Waals surface area contributed by atoms with Gasteiger partial charge in [0.25, 0.3) is 0 Å². The number of carbonyl (C=O) groups is 2. The molecular formula is C22H32O6. The zero-order valence-corrected chi connectivity index (χ0v) is 17.0. The van der Waals surface area contributed by atoms with Crippen molar-refractivity contribution in [3.05, 3.63) is 12.2 Å². The van der Waals surface area contributed by atoms with Gasteiger partial charge >= 0.3 is 5.97 Å². The number of esters is 1. The maximum absolute atomic E-state index is 13.3. The van der Waals surface area contributed by atoms with Gasteiger partial charge in [0.2, 0.25) is 0 Å². The highest BCUT2D eigenvalue weighted by molar-refractivity contribution is 6.04. The van der Waals surface area contributed by atoms with Crippen LogP contribution in [0, 0.1) is 34.0 Å². The monoisotopic (exact) mass is 392 g/mol. The van der Waals surface area contributed by atoms with Gasteiger partial charge in [-0.2, -0.15) is 0 Å². The maximum Gasteiger partial charge on any atom is 0.302 e. The Morgan fingerprint density at radius 1 is 1.14 bits per heavy atom. The molecule has 3 N–H and O–H groups in total. The van der Waals surface area contributed by atoms with Crippen LogP contribution in [0.2, 0.25) is 0 Å². The number of aliphatic hydroxyl groups is 3. The second-order valence-electron chi connectivity index (χ2n) is 10.1. The van der Waals surface area contributed by atoms with Crippen LogP contribution >= 0.6 is 0 Å². The summed E-state index contributed by atoms with van der Waals surface area (Å²) >= 11 is 0. The number of hydrogen-bond donors (Lipinski definition) is 3. The first-order valence-electron chi connectivity index (χ1n) is 10.4. The van der Waals surface area contributed by atoms with Gasteiger partial charge in [-0.3, -0.25) is 9.59 Å². The summed E-state index contributed by atoms with van der Waals surface area (Å²) in [6.45, 7) is 9.60. The van der Waals surface area contributed by atoms with E-state index in [9.17, 15) is 24.9 Å². The van der Waals surface area contributed by atoms with Crippen molar-refractivity contribution in [2.24, 2.45) is 34.0 Å². The lowest BCUT2D eigenvalue weighted by molar-refractivity contribution is -0.257. The molecule has 4 rings (SSSR count). The molecule has 9 atom stereocenters. The molecule has 6 nitrogen and oxygen atoms in total. The number of ketones is 1. The van der Waals surface area contributed by atoms with Crippen molar-refractivity contribution < 1.29 is 29.6 Å². The Balaban J connectivity index is 1.81. The standard InChI is InChI=1S/C22H32O6/c1-11-13-5-6-14-21(4)15(9-17(25)22(14,18(11)26)19(13)27)20(3,8-7-16(21)24)10-28-12(2)23/h13-17,19,24-25,27H,1,5-10H2,2-4H3. The van der Waals surface area contributed by atoms with Crippen molar-refractivity contribution in [3.63, 3.8) is 0 Å². The zero-order chi connectivity index (χ0) is 20.6. The molecule has 0 radical (unpaired) electrons. The minimum absolute atomic E-state index is 0.126. The van der Waals surface area contributed by atoms with Crippen molar-refractivity contribution in [2.45, 2.75) is 71.2 Å². The molecule has 4 aliphatic carbocycles. The first kappa shape index (κ1) is 20.0. The lowest BCUT2D eigenvalue weighted by Crippen LogP contribution is -2.70. The highest BCUT2D eigenvalue weighted by Gasteiger charge is 2.75. The SMILES string of the molecule is C=C1C(=O)C23C(O)CC4C(C)(COC(C)=O)CCC(O)C4(C)C2CCC1C3O. The van der Waals surface area contributed by atoms with E-state index in [0.29, 0.717) is 37.7 Å². The van der Waals surface area contributed by atoms with Gasteiger partial charge in [0.05, 0.1) is 30.3 Å². The van der Waals surface area contributed by atoms with Gasteiger partial charge in [0.15, 0.2) is 5.78 Å². The summed E-state index contributed by atoms with van der Waals surface area (Å²) in [6, 6.07) is 0. The quantitative estimate of drug-likeness (QED) is 0.487. The van der Waals surface area contributed by atoms with Crippen LogP contribution in [0.1, 0.15) is 52.9 Å². The average Bonchev–Trinajstić information content (AvgIpc) is 2.75. The van der Waals surface area contributed by atoms with E-state index in [0.717, 1.165) is 0 Å². The summed E-state index contributed by atoms with van der Waals surface area (Å²) in [5, 5.41) is 33.5. The van der Waals surface area contributed by atoms with Crippen molar-refractivity contribution in [2.75, 3.05) is 6.61 Å². The number of carbonyl (C=O) groups excluding carboxylic acids is 2. The lowest BCUT2D eigenvalue weighted by Gasteiger charge is -2.66. The van der Waals surface area contributed by atoms with Crippen molar-refractivity contribution in [3.8, 4) is 0 Å². The van der Waals surface area contributed by atoms with Gasteiger partial charge in [-0.15, -0.1) is 0 Å². The molecule has 0 aromatic heterocycles. The Morgan fingerprint density at radius 3 is 2.46 bits per heavy atom. The summed E-state index contributed by atoms with van der Waals surface area (Å²) in [5.74, 6) is -1.33. The third-order valence-corrected chi connectivity index (χ3v) is 9.01. The average molecular weight is 392 g/mol. The van der Waals surface area contributed by atoms with Gasteiger partial charge in [-0.25, -0.2) is 0 Å². The third-order valence-electron chi connectivity index (χ3n) is 9.01. The summed E-state index contributed by atoms with van der Waals surface area (Å²) < 4.78 is 5.37. The molecule has 0 heterocycles. The number of Topliss-reactive ketones (excluding diaryl/α,β-unsaturated/α-hetero) is 1. The molecule has 0 amide bonds. The Hall–Kier alpha value is -1.24. The Labute approximate surface area is 166 Å². The van der Waals surface area contributed by atoms with Crippen LogP contribution in [-0.2, 0) is 14.3 Å². The fourth-order valence-electron chi connectivity index (χ4n) is 7.60. The van der Waals surface area contributed by atoms with E-state index in [1.807, 2.05) is 13.8 Å². The van der Waals surface area contributed by atoms with Crippen LogP contribution in [0.25, 0.3) is 0 Å². The lowest BCUT2D eigenvalue weighted by atomic mass is 9.39. The summed E-state index contributed by atoms with van der Waals surface area (Å²) in [4.78, 5) is 24.7. The van der Waals surface area contributed by atoms with Crippen LogP contribution in [0.4, 0.5) is 0 Å². The van der Waals surface area contributed by atoms with Gasteiger partial charge in [-0.05, 0) is 49.5 Å². The van der Waals surface area contributed by atoms with E-state index < -0.39 is 34.6 Å². The van der Waals surface area contributed by atoms with Crippen molar-refractivity contribution >= 4 is 11.8 Å². The number of hydrogen-bond acceptors (Lipinski definition) is 6. The van der Waals surface area contributed by atoms with Gasteiger partial charge in [-0.1, -0.05) is 20.4 Å². The Kier molecular flexibility index (Phi) is 4.39.